The van der Waals surface area contributed by atoms with Crippen LogP contribution >= 0.6 is 0 Å². The number of nitrogens with one attached hydrogen (secondary N) is 1. The predicted octanol–water partition coefficient (Wildman–Crippen LogP) is -0.440. The van der Waals surface area contributed by atoms with E-state index in [0.717, 1.165) is 0 Å². The van der Waals surface area contributed by atoms with E-state index in [1.54, 1.807) is 0 Å². The molecule has 1 unspecified atom stereocenters. The van der Waals surface area contributed by atoms with Gasteiger partial charge in [-0.2, -0.15) is 0 Å². The fourth-order valence-corrected chi connectivity index (χ4v) is 1.45. The minimum Gasteiger partial charge on any atom is -0.378 e. The van der Waals surface area contributed by atoms with Gasteiger partial charge in [-0.1, -0.05) is 0 Å². The van der Waals surface area contributed by atoms with Crippen molar-refractivity contribution in [1.29, 1.82) is 0 Å². The molecule has 13 heavy (non-hydrogen) atoms. The van der Waals surface area contributed by atoms with Crippen molar-refractivity contribution in [2.75, 3.05) is 13.2 Å². The summed E-state index contributed by atoms with van der Waals surface area (Å²) < 4.78 is 10.7. The lowest BCUT2D eigenvalue weighted by Gasteiger charge is -2.27. The van der Waals surface area contributed by atoms with Crippen LogP contribution in [0.1, 0.15) is 20.3 Å². The lowest BCUT2D eigenvalue weighted by molar-refractivity contribution is -0.153. The second kappa shape index (κ2) is 4.04. The summed E-state index contributed by atoms with van der Waals surface area (Å²) in [5.74, 6) is 4.77. The zero-order chi connectivity index (χ0) is 9.90. The van der Waals surface area contributed by atoms with Crippen LogP contribution in [0, 0.1) is 0 Å². The van der Waals surface area contributed by atoms with Crippen molar-refractivity contribution in [2.45, 2.75) is 32.0 Å². The molecule has 0 aromatic carbocycles. The van der Waals surface area contributed by atoms with Gasteiger partial charge in [-0.15, -0.1) is 0 Å². The van der Waals surface area contributed by atoms with E-state index in [-0.39, 0.29) is 18.6 Å². The van der Waals surface area contributed by atoms with Crippen molar-refractivity contribution in [2.24, 2.45) is 5.84 Å². The van der Waals surface area contributed by atoms with Crippen molar-refractivity contribution in [3.05, 3.63) is 0 Å². The third-order valence-electron chi connectivity index (χ3n) is 1.99. The van der Waals surface area contributed by atoms with E-state index < -0.39 is 5.60 Å². The Hall–Kier alpha value is -0.650. The average Bonchev–Trinajstić information content (AvgIpc) is 2.51. The standard InChI is InChI=1S/C8H16N2O3/c1-6(2)13-8(7(11)10-9)3-4-12-5-8/h6H,3-5,9H2,1-2H3,(H,10,11). The molecule has 5 heteroatoms. The Morgan fingerprint density at radius 1 is 1.69 bits per heavy atom. The maximum atomic E-state index is 11.4. The number of hydrogen-bond donors (Lipinski definition) is 2. The number of amides is 1. The summed E-state index contributed by atoms with van der Waals surface area (Å²) >= 11 is 0. The minimum absolute atomic E-state index is 0.0148. The molecule has 0 aromatic rings. The number of hydrogen-bond acceptors (Lipinski definition) is 4. The van der Waals surface area contributed by atoms with Crippen LogP contribution < -0.4 is 11.3 Å². The van der Waals surface area contributed by atoms with Crippen molar-refractivity contribution >= 4 is 5.91 Å². The molecule has 0 radical (unpaired) electrons. The molecule has 0 saturated carbocycles. The number of carbonyl (C=O) groups is 1. The van der Waals surface area contributed by atoms with Crippen molar-refractivity contribution in [3.8, 4) is 0 Å². The van der Waals surface area contributed by atoms with E-state index in [4.69, 9.17) is 15.3 Å². The normalized spacial score (nSPS) is 28.0. The lowest BCUT2D eigenvalue weighted by Crippen LogP contribution is -2.52. The predicted molar refractivity (Wildman–Crippen MR) is 46.7 cm³/mol. The fourth-order valence-electron chi connectivity index (χ4n) is 1.45. The van der Waals surface area contributed by atoms with Gasteiger partial charge in [0.2, 0.25) is 0 Å². The molecule has 5 nitrogen and oxygen atoms in total. The van der Waals surface area contributed by atoms with Crippen LogP contribution in [0.5, 0.6) is 0 Å². The topological polar surface area (TPSA) is 73.6 Å². The smallest absolute Gasteiger partial charge is 0.268 e. The van der Waals surface area contributed by atoms with E-state index in [1.165, 1.54) is 0 Å². The van der Waals surface area contributed by atoms with Gasteiger partial charge in [-0.3, -0.25) is 10.2 Å². The average molecular weight is 188 g/mol. The van der Waals surface area contributed by atoms with Crippen LogP contribution in [0.25, 0.3) is 0 Å². The summed E-state index contributed by atoms with van der Waals surface area (Å²) in [5, 5.41) is 0. The van der Waals surface area contributed by atoms with Crippen molar-refractivity contribution in [3.63, 3.8) is 0 Å². The van der Waals surface area contributed by atoms with E-state index in [1.807, 2.05) is 13.8 Å². The second-order valence-electron chi connectivity index (χ2n) is 3.44. The van der Waals surface area contributed by atoms with E-state index in [0.29, 0.717) is 13.0 Å². The van der Waals surface area contributed by atoms with Gasteiger partial charge in [0.1, 0.15) is 0 Å². The first-order valence-electron chi connectivity index (χ1n) is 4.37. The van der Waals surface area contributed by atoms with Crippen molar-refractivity contribution in [1.82, 2.24) is 5.43 Å². The molecule has 1 heterocycles. The number of rotatable bonds is 3. The Kier molecular flexibility index (Phi) is 3.24. The molecule has 1 aliphatic rings. The minimum atomic E-state index is -0.872. The molecule has 1 rings (SSSR count). The maximum absolute atomic E-state index is 11.4. The third kappa shape index (κ3) is 2.18. The van der Waals surface area contributed by atoms with Crippen LogP contribution in [-0.2, 0) is 14.3 Å². The lowest BCUT2D eigenvalue weighted by atomic mass is 10.0. The van der Waals surface area contributed by atoms with Crippen LogP contribution in [0.4, 0.5) is 0 Å². The molecule has 76 valence electrons. The second-order valence-corrected chi connectivity index (χ2v) is 3.44. The first kappa shape index (κ1) is 10.4. The van der Waals surface area contributed by atoms with Gasteiger partial charge in [0.25, 0.3) is 5.91 Å². The van der Waals surface area contributed by atoms with Gasteiger partial charge >= 0.3 is 0 Å². The SMILES string of the molecule is CC(C)OC1(C(=O)NN)CCOC1. The number of hydrazine groups is 1. The van der Waals surface area contributed by atoms with Crippen LogP contribution in [-0.4, -0.2) is 30.8 Å². The van der Waals surface area contributed by atoms with Crippen molar-refractivity contribution < 1.29 is 14.3 Å². The fraction of sp³-hybridized carbons (Fsp3) is 0.875. The van der Waals surface area contributed by atoms with Gasteiger partial charge in [-0.25, -0.2) is 5.84 Å². The quantitative estimate of drug-likeness (QED) is 0.358. The first-order chi connectivity index (χ1) is 6.10. The molecule has 1 amide bonds. The summed E-state index contributed by atoms with van der Waals surface area (Å²) in [6.45, 7) is 4.59. The molecule has 3 N–H and O–H groups in total. The largest absolute Gasteiger partial charge is 0.378 e. The molecule has 0 bridgehead atoms. The Morgan fingerprint density at radius 3 is 2.77 bits per heavy atom. The van der Waals surface area contributed by atoms with E-state index in [9.17, 15) is 4.79 Å². The van der Waals surface area contributed by atoms with Gasteiger partial charge < -0.3 is 9.47 Å². The summed E-state index contributed by atoms with van der Waals surface area (Å²) in [4.78, 5) is 11.4. The first-order valence-corrected chi connectivity index (χ1v) is 4.37. The third-order valence-corrected chi connectivity index (χ3v) is 1.99. The summed E-state index contributed by atoms with van der Waals surface area (Å²) in [6, 6.07) is 0. The Labute approximate surface area is 77.5 Å². The zero-order valence-electron chi connectivity index (χ0n) is 8.00. The molecule has 1 fully saturated rings. The molecule has 1 aliphatic heterocycles. The number of nitrogens with two attached hydrogens (primary N) is 1. The number of ether oxygens (including phenoxy) is 2. The monoisotopic (exact) mass is 188 g/mol. The Bertz CT molecular complexity index is 188. The molecule has 1 atom stereocenters. The van der Waals surface area contributed by atoms with Gasteiger partial charge in [0.05, 0.1) is 19.3 Å². The maximum Gasteiger partial charge on any atom is 0.268 e. The molecular formula is C8H16N2O3. The van der Waals surface area contributed by atoms with E-state index in [2.05, 4.69) is 5.43 Å². The summed E-state index contributed by atoms with van der Waals surface area (Å²) in [5.41, 5.74) is 1.24. The number of carbonyl (C=O) groups excluding carboxylic acids is 1. The van der Waals surface area contributed by atoms with Gasteiger partial charge in [0, 0.05) is 6.42 Å². The van der Waals surface area contributed by atoms with Gasteiger partial charge in [0.15, 0.2) is 5.60 Å². The Morgan fingerprint density at radius 2 is 2.38 bits per heavy atom. The van der Waals surface area contributed by atoms with Crippen LogP contribution in [0.3, 0.4) is 0 Å². The van der Waals surface area contributed by atoms with E-state index >= 15 is 0 Å². The highest BCUT2D eigenvalue weighted by Crippen LogP contribution is 2.24. The molecule has 0 aliphatic carbocycles. The van der Waals surface area contributed by atoms with Gasteiger partial charge in [-0.05, 0) is 13.8 Å². The molecule has 0 spiro atoms. The highest BCUT2D eigenvalue weighted by Gasteiger charge is 2.43. The van der Waals surface area contributed by atoms with Crippen LogP contribution in [0.15, 0.2) is 0 Å². The zero-order valence-corrected chi connectivity index (χ0v) is 8.00. The summed E-state index contributed by atoms with van der Waals surface area (Å²) in [7, 11) is 0. The Balaban J connectivity index is 2.68. The summed E-state index contributed by atoms with van der Waals surface area (Å²) in [6.07, 6.45) is 0.549. The van der Waals surface area contributed by atoms with Crippen LogP contribution in [0.2, 0.25) is 0 Å². The molecule has 1 saturated heterocycles. The molecule has 0 aromatic heterocycles. The highest BCUT2D eigenvalue weighted by atomic mass is 16.6. The highest BCUT2D eigenvalue weighted by molar-refractivity contribution is 5.85. The molecular weight excluding hydrogens is 172 g/mol.